The van der Waals surface area contributed by atoms with Crippen molar-refractivity contribution in [3.05, 3.63) is 35.9 Å². The average molecular weight is 228 g/mol. The van der Waals surface area contributed by atoms with Crippen LogP contribution in [0.1, 0.15) is 38.2 Å². The summed E-state index contributed by atoms with van der Waals surface area (Å²) in [6, 6.07) is 10.5. The summed E-state index contributed by atoms with van der Waals surface area (Å²) in [6.07, 6.45) is 5.57. The fraction of sp³-hybridized carbons (Fsp3) is 0.562. The zero-order valence-electron chi connectivity index (χ0n) is 10.5. The molecule has 0 N–H and O–H groups in total. The fourth-order valence-electron chi connectivity index (χ4n) is 4.11. The van der Waals surface area contributed by atoms with Crippen molar-refractivity contribution in [1.82, 2.24) is 0 Å². The molecule has 0 heterocycles. The molecule has 0 saturated heterocycles. The van der Waals surface area contributed by atoms with E-state index in [1.54, 1.807) is 0 Å². The van der Waals surface area contributed by atoms with Gasteiger partial charge in [0.25, 0.3) is 0 Å². The van der Waals surface area contributed by atoms with Gasteiger partial charge in [-0.25, -0.2) is 0 Å². The summed E-state index contributed by atoms with van der Waals surface area (Å²) >= 11 is 0. The van der Waals surface area contributed by atoms with Gasteiger partial charge in [-0.15, -0.1) is 0 Å². The quantitative estimate of drug-likeness (QED) is 0.772. The normalized spacial score (nSPS) is 35.5. The van der Waals surface area contributed by atoms with Crippen molar-refractivity contribution in [2.75, 3.05) is 0 Å². The van der Waals surface area contributed by atoms with Crippen LogP contribution in [-0.4, -0.2) is 5.78 Å². The van der Waals surface area contributed by atoms with E-state index in [1.807, 2.05) is 6.07 Å². The second-order valence-corrected chi connectivity index (χ2v) is 5.74. The predicted octanol–water partition coefficient (Wildman–Crippen LogP) is 3.62. The lowest BCUT2D eigenvalue weighted by Gasteiger charge is -2.35. The molecule has 90 valence electrons. The number of Topliss-reactive ketones (excluding diaryl/α,β-unsaturated/α-hetero) is 1. The van der Waals surface area contributed by atoms with E-state index in [9.17, 15) is 4.79 Å². The second kappa shape index (κ2) is 3.97. The van der Waals surface area contributed by atoms with E-state index in [1.165, 1.54) is 18.4 Å². The molecule has 0 amide bonds. The molecule has 3 rings (SSSR count). The number of rotatable bonds is 3. The van der Waals surface area contributed by atoms with Crippen LogP contribution in [0, 0.1) is 17.3 Å². The Balaban J connectivity index is 1.91. The molecule has 3 atom stereocenters. The highest BCUT2D eigenvalue weighted by Gasteiger charge is 2.56. The SMILES string of the molecule is CC[C@@]1(Cc2ccccc2)C(=O)[C@@H]2CC[C@H]1C2. The number of hydrogen-bond acceptors (Lipinski definition) is 1. The maximum absolute atomic E-state index is 12.5. The van der Waals surface area contributed by atoms with Gasteiger partial charge in [-0.05, 0) is 43.6 Å². The molecule has 17 heavy (non-hydrogen) atoms. The van der Waals surface area contributed by atoms with Gasteiger partial charge in [0.15, 0.2) is 0 Å². The molecule has 0 spiro atoms. The third kappa shape index (κ3) is 1.55. The molecular formula is C16H20O. The molecule has 2 bridgehead atoms. The van der Waals surface area contributed by atoms with Gasteiger partial charge >= 0.3 is 0 Å². The van der Waals surface area contributed by atoms with Gasteiger partial charge in [0.1, 0.15) is 5.78 Å². The minimum atomic E-state index is -0.0235. The van der Waals surface area contributed by atoms with E-state index >= 15 is 0 Å². The maximum atomic E-state index is 12.5. The van der Waals surface area contributed by atoms with E-state index in [2.05, 4.69) is 31.2 Å². The van der Waals surface area contributed by atoms with Crippen molar-refractivity contribution in [1.29, 1.82) is 0 Å². The van der Waals surface area contributed by atoms with Crippen molar-refractivity contribution in [2.24, 2.45) is 17.3 Å². The highest BCUT2D eigenvalue weighted by Crippen LogP contribution is 2.56. The summed E-state index contributed by atoms with van der Waals surface area (Å²) in [5.74, 6) is 1.62. The first kappa shape index (κ1) is 11.0. The Morgan fingerprint density at radius 2 is 2.00 bits per heavy atom. The van der Waals surface area contributed by atoms with Gasteiger partial charge < -0.3 is 0 Å². The molecule has 0 aliphatic heterocycles. The van der Waals surface area contributed by atoms with Crippen LogP contribution in [0.15, 0.2) is 30.3 Å². The third-order valence-electron chi connectivity index (χ3n) is 5.07. The van der Waals surface area contributed by atoms with Gasteiger partial charge in [0, 0.05) is 11.3 Å². The van der Waals surface area contributed by atoms with Crippen molar-refractivity contribution in [2.45, 2.75) is 39.0 Å². The van der Waals surface area contributed by atoms with E-state index in [0.717, 1.165) is 19.3 Å². The summed E-state index contributed by atoms with van der Waals surface area (Å²) in [5.41, 5.74) is 1.31. The number of benzene rings is 1. The smallest absolute Gasteiger partial charge is 0.142 e. The minimum Gasteiger partial charge on any atom is -0.299 e. The Hall–Kier alpha value is -1.11. The van der Waals surface area contributed by atoms with Crippen LogP contribution < -0.4 is 0 Å². The lowest BCUT2D eigenvalue weighted by atomic mass is 9.67. The molecular weight excluding hydrogens is 208 g/mol. The Kier molecular flexibility index (Phi) is 2.57. The minimum absolute atomic E-state index is 0.0235. The summed E-state index contributed by atoms with van der Waals surface area (Å²) in [4.78, 5) is 12.5. The molecule has 0 unspecified atom stereocenters. The Morgan fingerprint density at radius 1 is 1.24 bits per heavy atom. The summed E-state index contributed by atoms with van der Waals surface area (Å²) < 4.78 is 0. The van der Waals surface area contributed by atoms with E-state index in [0.29, 0.717) is 17.6 Å². The van der Waals surface area contributed by atoms with Crippen LogP contribution in [0.5, 0.6) is 0 Å². The standard InChI is InChI=1S/C16H20O/c1-2-16(11-12-6-4-3-5-7-12)14-9-8-13(10-14)15(16)17/h3-7,13-14H,2,8-11H2,1H3/t13-,14+,16+/m1/s1. The van der Waals surface area contributed by atoms with Crippen molar-refractivity contribution in [3.8, 4) is 0 Å². The largest absolute Gasteiger partial charge is 0.299 e. The fourth-order valence-corrected chi connectivity index (χ4v) is 4.11. The molecule has 1 heteroatoms. The van der Waals surface area contributed by atoms with Crippen LogP contribution >= 0.6 is 0 Å². The zero-order chi connectivity index (χ0) is 11.9. The monoisotopic (exact) mass is 228 g/mol. The van der Waals surface area contributed by atoms with Gasteiger partial charge in [-0.3, -0.25) is 4.79 Å². The molecule has 2 aliphatic carbocycles. The lowest BCUT2D eigenvalue weighted by molar-refractivity contribution is -0.132. The van der Waals surface area contributed by atoms with Gasteiger partial charge in [-0.2, -0.15) is 0 Å². The first-order chi connectivity index (χ1) is 8.26. The van der Waals surface area contributed by atoms with E-state index in [4.69, 9.17) is 0 Å². The summed E-state index contributed by atoms with van der Waals surface area (Å²) in [6.45, 7) is 2.20. The molecule has 0 radical (unpaired) electrons. The summed E-state index contributed by atoms with van der Waals surface area (Å²) in [5, 5.41) is 0. The molecule has 1 aromatic carbocycles. The van der Waals surface area contributed by atoms with Gasteiger partial charge in [0.05, 0.1) is 0 Å². The summed E-state index contributed by atoms with van der Waals surface area (Å²) in [7, 11) is 0. The molecule has 2 aliphatic rings. The van der Waals surface area contributed by atoms with Crippen LogP contribution in [-0.2, 0) is 11.2 Å². The lowest BCUT2D eigenvalue weighted by Crippen LogP contribution is -2.38. The second-order valence-electron chi connectivity index (χ2n) is 5.74. The van der Waals surface area contributed by atoms with Crippen molar-refractivity contribution < 1.29 is 4.79 Å². The third-order valence-corrected chi connectivity index (χ3v) is 5.07. The van der Waals surface area contributed by atoms with Crippen molar-refractivity contribution >= 4 is 5.78 Å². The first-order valence-electron chi connectivity index (χ1n) is 6.84. The highest BCUT2D eigenvalue weighted by atomic mass is 16.1. The maximum Gasteiger partial charge on any atom is 0.142 e. The van der Waals surface area contributed by atoms with Crippen LogP contribution in [0.25, 0.3) is 0 Å². The van der Waals surface area contributed by atoms with Crippen LogP contribution in [0.3, 0.4) is 0 Å². The van der Waals surface area contributed by atoms with Gasteiger partial charge in [-0.1, -0.05) is 37.3 Å². The Morgan fingerprint density at radius 3 is 2.59 bits per heavy atom. The molecule has 1 nitrogen and oxygen atoms in total. The molecule has 2 fully saturated rings. The number of fused-ring (bicyclic) bond motifs is 2. The molecule has 2 saturated carbocycles. The van der Waals surface area contributed by atoms with Crippen LogP contribution in [0.4, 0.5) is 0 Å². The Labute approximate surface area is 103 Å². The number of carbonyl (C=O) groups excluding carboxylic acids is 1. The van der Waals surface area contributed by atoms with E-state index < -0.39 is 0 Å². The predicted molar refractivity (Wildman–Crippen MR) is 68.7 cm³/mol. The first-order valence-corrected chi connectivity index (χ1v) is 6.84. The molecule has 0 aromatic heterocycles. The number of carbonyl (C=O) groups is 1. The highest BCUT2D eigenvalue weighted by molar-refractivity contribution is 5.90. The average Bonchev–Trinajstić information content (AvgIpc) is 2.94. The van der Waals surface area contributed by atoms with Crippen LogP contribution in [0.2, 0.25) is 0 Å². The number of hydrogen-bond donors (Lipinski definition) is 0. The topological polar surface area (TPSA) is 17.1 Å². The zero-order valence-corrected chi connectivity index (χ0v) is 10.5. The van der Waals surface area contributed by atoms with Crippen molar-refractivity contribution in [3.63, 3.8) is 0 Å². The van der Waals surface area contributed by atoms with E-state index in [-0.39, 0.29) is 5.41 Å². The van der Waals surface area contributed by atoms with Gasteiger partial charge in [0.2, 0.25) is 0 Å². The number of ketones is 1. The molecule has 1 aromatic rings. The Bertz CT molecular complexity index is 422.